The molecule has 0 spiro atoms. The number of thiophene rings is 1. The van der Waals surface area contributed by atoms with Gasteiger partial charge in [-0.2, -0.15) is 13.2 Å². The first kappa shape index (κ1) is 20.9. The van der Waals surface area contributed by atoms with Gasteiger partial charge in [-0.05, 0) is 40.2 Å². The summed E-state index contributed by atoms with van der Waals surface area (Å²) >= 11 is 0.978. The first-order valence-electron chi connectivity index (χ1n) is 7.89. The number of hydrogen-bond donors (Lipinski definition) is 4. The predicted octanol–water partition coefficient (Wildman–Crippen LogP) is 2.48. The number of carbonyl (C=O) groups excluding carboxylic acids is 1. The van der Waals surface area contributed by atoms with E-state index >= 15 is 0 Å². The molecule has 0 fully saturated rings. The first-order chi connectivity index (χ1) is 11.5. The molecule has 0 aliphatic carbocycles. The summed E-state index contributed by atoms with van der Waals surface area (Å²) < 4.78 is 44.8. The van der Waals surface area contributed by atoms with Gasteiger partial charge in [0.15, 0.2) is 6.23 Å². The highest BCUT2D eigenvalue weighted by Gasteiger charge is 2.55. The lowest BCUT2D eigenvalue weighted by Crippen LogP contribution is -2.55. The molecule has 0 bridgehead atoms. The molecule has 2 unspecified atom stereocenters. The molecular formula is C16H23F3N2O4S. The highest BCUT2D eigenvalue weighted by atomic mass is 32.1. The number of nitrogens with two attached hydrogens (primary N) is 1. The maximum Gasteiger partial charge on any atom is 0.421 e. The van der Waals surface area contributed by atoms with Crippen molar-refractivity contribution in [1.29, 1.82) is 0 Å². The van der Waals surface area contributed by atoms with E-state index in [1.165, 1.54) is 0 Å². The van der Waals surface area contributed by atoms with Crippen molar-refractivity contribution >= 4 is 22.2 Å². The average molecular weight is 396 g/mol. The van der Waals surface area contributed by atoms with Crippen LogP contribution in [0.3, 0.4) is 0 Å². The minimum Gasteiger partial charge on any atom is -0.377 e. The lowest BCUT2D eigenvalue weighted by molar-refractivity contribution is -0.278. The number of primary amides is 1. The van der Waals surface area contributed by atoms with Crippen LogP contribution in [0, 0.1) is 0 Å². The smallest absolute Gasteiger partial charge is 0.377 e. The van der Waals surface area contributed by atoms with E-state index in [9.17, 15) is 28.2 Å². The molecule has 2 rings (SSSR count). The van der Waals surface area contributed by atoms with E-state index in [4.69, 9.17) is 10.5 Å². The Balaban J connectivity index is 2.53. The van der Waals surface area contributed by atoms with Crippen molar-refractivity contribution in [2.75, 3.05) is 5.32 Å². The first-order valence-corrected chi connectivity index (χ1v) is 8.71. The summed E-state index contributed by atoms with van der Waals surface area (Å²) in [4.78, 5) is 12.6. The van der Waals surface area contributed by atoms with E-state index in [0.29, 0.717) is 23.8 Å². The van der Waals surface area contributed by atoms with Crippen LogP contribution in [0.4, 0.5) is 18.2 Å². The Morgan fingerprint density at radius 3 is 2.35 bits per heavy atom. The Labute approximate surface area is 153 Å². The molecule has 2 heterocycles. The third-order valence-corrected chi connectivity index (χ3v) is 5.78. The molecule has 6 nitrogen and oxygen atoms in total. The number of ether oxygens (including phenoxy) is 1. The molecule has 1 aliphatic heterocycles. The molecule has 0 radical (unpaired) electrons. The molecule has 26 heavy (non-hydrogen) atoms. The number of aliphatic hydroxyl groups is 2. The Morgan fingerprint density at radius 1 is 1.35 bits per heavy atom. The Morgan fingerprint density at radius 2 is 1.88 bits per heavy atom. The molecule has 0 saturated carbocycles. The minimum absolute atomic E-state index is 0.00599. The van der Waals surface area contributed by atoms with Gasteiger partial charge in [-0.15, -0.1) is 11.3 Å². The number of fused-ring (bicyclic) bond motifs is 1. The number of nitrogens with one attached hydrogen (secondary N) is 1. The number of carbonyl (C=O) groups is 1. The van der Waals surface area contributed by atoms with Crippen LogP contribution < -0.4 is 11.1 Å². The maximum absolute atomic E-state index is 12.9. The number of alkyl halides is 3. The molecule has 10 heteroatoms. The predicted molar refractivity (Wildman–Crippen MR) is 91.0 cm³/mol. The number of anilines is 1. The monoisotopic (exact) mass is 396 g/mol. The zero-order chi connectivity index (χ0) is 20.3. The molecule has 1 aromatic rings. The van der Waals surface area contributed by atoms with E-state index in [0.717, 1.165) is 11.3 Å². The van der Waals surface area contributed by atoms with Crippen molar-refractivity contribution < 1.29 is 32.9 Å². The summed E-state index contributed by atoms with van der Waals surface area (Å²) in [6.07, 6.45) is -7.14. The summed E-state index contributed by atoms with van der Waals surface area (Å²) in [5.41, 5.74) is 1.19. The molecule has 1 aliphatic rings. The van der Waals surface area contributed by atoms with Crippen molar-refractivity contribution in [1.82, 2.24) is 0 Å². The lowest BCUT2D eigenvalue weighted by atomic mass is 9.86. The van der Waals surface area contributed by atoms with Crippen LogP contribution in [0.5, 0.6) is 0 Å². The number of rotatable bonds is 4. The fourth-order valence-corrected chi connectivity index (χ4v) is 4.39. The van der Waals surface area contributed by atoms with Crippen LogP contribution in [0.1, 0.15) is 55.4 Å². The van der Waals surface area contributed by atoms with Gasteiger partial charge < -0.3 is 26.0 Å². The van der Waals surface area contributed by atoms with Gasteiger partial charge >= 0.3 is 6.18 Å². The van der Waals surface area contributed by atoms with E-state index in [2.05, 4.69) is 5.32 Å². The topological polar surface area (TPSA) is 105 Å². The van der Waals surface area contributed by atoms with Gasteiger partial charge in [0.2, 0.25) is 5.60 Å². The summed E-state index contributed by atoms with van der Waals surface area (Å²) in [5.74, 6) is -0.836. The van der Waals surface area contributed by atoms with Crippen molar-refractivity contribution in [3.05, 3.63) is 16.0 Å². The van der Waals surface area contributed by atoms with E-state index in [-0.39, 0.29) is 10.6 Å². The van der Waals surface area contributed by atoms with E-state index in [1.807, 2.05) is 13.8 Å². The van der Waals surface area contributed by atoms with Gasteiger partial charge in [0.05, 0.1) is 16.8 Å². The molecule has 2 atom stereocenters. The zero-order valence-corrected chi connectivity index (χ0v) is 15.9. The van der Waals surface area contributed by atoms with Crippen molar-refractivity contribution in [2.45, 2.75) is 70.2 Å². The van der Waals surface area contributed by atoms with Gasteiger partial charge in [0.25, 0.3) is 5.91 Å². The standard InChI is InChI=1S/C16H23F3N2O4S/c1-13(2)6-7-8(10(20)22)11(26-9(7)14(3,4)25-13)21-12(23)15(5,24)16(17,18)19/h12,21,23-24H,6H2,1-5H3,(H2,20,22). The van der Waals surface area contributed by atoms with Gasteiger partial charge in [-0.1, -0.05) is 0 Å². The van der Waals surface area contributed by atoms with Crippen LogP contribution in [-0.4, -0.2) is 39.7 Å². The zero-order valence-electron chi connectivity index (χ0n) is 15.1. The van der Waals surface area contributed by atoms with Crippen LogP contribution in [0.2, 0.25) is 0 Å². The summed E-state index contributed by atoms with van der Waals surface area (Å²) in [5, 5.41) is 21.7. The van der Waals surface area contributed by atoms with E-state index < -0.39 is 35.1 Å². The number of halogens is 3. The van der Waals surface area contributed by atoms with Gasteiger partial charge in [0.1, 0.15) is 5.00 Å². The normalized spacial score (nSPS) is 22.2. The van der Waals surface area contributed by atoms with Gasteiger partial charge in [-0.25, -0.2) is 0 Å². The molecule has 0 saturated heterocycles. The Bertz CT molecular complexity index is 726. The van der Waals surface area contributed by atoms with Gasteiger partial charge in [-0.3, -0.25) is 4.79 Å². The van der Waals surface area contributed by atoms with Crippen molar-refractivity contribution in [3.63, 3.8) is 0 Å². The summed E-state index contributed by atoms with van der Waals surface area (Å²) in [7, 11) is 0. The SMILES string of the molecule is CC1(C)Cc2c(sc(NC(O)C(C)(O)C(F)(F)F)c2C(N)=O)C(C)(C)O1. The fourth-order valence-electron chi connectivity index (χ4n) is 3.10. The van der Waals surface area contributed by atoms with Crippen molar-refractivity contribution in [2.24, 2.45) is 5.73 Å². The molecule has 5 N–H and O–H groups in total. The van der Waals surface area contributed by atoms with Gasteiger partial charge in [0, 0.05) is 11.3 Å². The highest BCUT2D eigenvalue weighted by molar-refractivity contribution is 7.17. The number of hydrogen-bond acceptors (Lipinski definition) is 6. The molecule has 1 amide bonds. The van der Waals surface area contributed by atoms with Crippen LogP contribution in [0.25, 0.3) is 0 Å². The second-order valence-corrected chi connectivity index (χ2v) is 8.74. The minimum atomic E-state index is -5.08. The summed E-state index contributed by atoms with van der Waals surface area (Å²) in [6.45, 7) is 7.66. The number of amides is 1. The van der Waals surface area contributed by atoms with Crippen LogP contribution in [0.15, 0.2) is 0 Å². The quantitative estimate of drug-likeness (QED) is 0.586. The molecular weight excluding hydrogens is 373 g/mol. The number of aliphatic hydroxyl groups excluding tert-OH is 1. The Kier molecular flexibility index (Phi) is 4.90. The van der Waals surface area contributed by atoms with Crippen LogP contribution in [-0.2, 0) is 16.8 Å². The molecule has 0 aromatic carbocycles. The molecule has 1 aromatic heterocycles. The van der Waals surface area contributed by atoms with Crippen molar-refractivity contribution in [3.8, 4) is 0 Å². The highest BCUT2D eigenvalue weighted by Crippen LogP contribution is 2.48. The van der Waals surface area contributed by atoms with E-state index in [1.54, 1.807) is 13.8 Å². The second kappa shape index (κ2) is 6.08. The molecule has 148 valence electrons. The maximum atomic E-state index is 12.9. The third-order valence-electron chi connectivity index (χ3n) is 4.31. The second-order valence-electron chi connectivity index (χ2n) is 7.72. The largest absolute Gasteiger partial charge is 0.421 e. The third kappa shape index (κ3) is 3.55. The average Bonchev–Trinajstić information content (AvgIpc) is 2.73. The summed E-state index contributed by atoms with van der Waals surface area (Å²) in [6, 6.07) is 0. The van der Waals surface area contributed by atoms with Crippen LogP contribution >= 0.6 is 11.3 Å². The lowest BCUT2D eigenvalue weighted by Gasteiger charge is -2.41. The Hall–Kier alpha value is -1.36. The fraction of sp³-hybridized carbons (Fsp3) is 0.688.